The normalized spacial score (nSPS) is 5.65. The second kappa shape index (κ2) is 24.4. The van der Waals surface area contributed by atoms with Crippen LogP contribution in [0.3, 0.4) is 0 Å². The smallest absolute Gasteiger partial charge is 0.583 e. The van der Waals surface area contributed by atoms with Gasteiger partial charge in [-0.15, -0.1) is 0 Å². The maximum absolute atomic E-state index is 8.83. The van der Waals surface area contributed by atoms with Gasteiger partial charge in [0.25, 0.3) is 0 Å². The number of carboxylic acids is 3. The summed E-state index contributed by atoms with van der Waals surface area (Å²) < 4.78 is 0. The SMILES string of the molecule is O=[C-]C(=O)[O-].O=[C-]C(=O)[O-].O=[C-]C(=O)[O-].[Bi+3].[Bi+3]. The van der Waals surface area contributed by atoms with Crippen LogP contribution in [0.1, 0.15) is 0 Å². The van der Waals surface area contributed by atoms with E-state index in [0.717, 1.165) is 0 Å². The Labute approximate surface area is 132 Å². The van der Waals surface area contributed by atoms with Gasteiger partial charge in [0.15, 0.2) is 0 Å². The molecule has 11 heteroatoms. The van der Waals surface area contributed by atoms with Crippen molar-refractivity contribution in [3.05, 3.63) is 0 Å². The number of rotatable bonds is 3. The fraction of sp³-hybridized carbons (Fsp3) is 0. The van der Waals surface area contributed by atoms with Crippen LogP contribution in [0, 0.1) is 0 Å². The Kier molecular flexibility index (Phi) is 42.9. The molecule has 17 heavy (non-hydrogen) atoms. The molecule has 0 heterocycles. The first-order valence-electron chi connectivity index (χ1n) is 2.59. The van der Waals surface area contributed by atoms with Crippen LogP contribution < -0.4 is 15.3 Å². The minimum Gasteiger partial charge on any atom is -0.583 e. The third-order valence-corrected chi connectivity index (χ3v) is 0.250. The quantitative estimate of drug-likeness (QED) is 0.166. The van der Waals surface area contributed by atoms with E-state index >= 15 is 0 Å². The van der Waals surface area contributed by atoms with Crippen molar-refractivity contribution < 1.29 is 44.1 Å². The van der Waals surface area contributed by atoms with Gasteiger partial charge in [0.05, 0.1) is 0 Å². The zero-order chi connectivity index (χ0) is 12.9. The minimum absolute atomic E-state index is 0. The van der Waals surface area contributed by atoms with Gasteiger partial charge in [0.2, 0.25) is 0 Å². The molecule has 0 aliphatic carbocycles. The molecule has 0 aromatic rings. The molecule has 0 unspecified atom stereocenters. The molecule has 0 aromatic carbocycles. The topological polar surface area (TPSA) is 172 Å². The summed E-state index contributed by atoms with van der Waals surface area (Å²) in [6, 6.07) is 0. The summed E-state index contributed by atoms with van der Waals surface area (Å²) in [5.41, 5.74) is 0. The third-order valence-electron chi connectivity index (χ3n) is 0.250. The van der Waals surface area contributed by atoms with E-state index < -0.39 is 17.9 Å². The third kappa shape index (κ3) is 98.2. The van der Waals surface area contributed by atoms with E-state index in [9.17, 15) is 0 Å². The van der Waals surface area contributed by atoms with Gasteiger partial charge in [0, 0.05) is 0 Å². The molecule has 0 N–H and O–H groups in total. The van der Waals surface area contributed by atoms with E-state index in [0.29, 0.717) is 18.9 Å². The molecule has 0 aliphatic rings. The fourth-order valence-corrected chi connectivity index (χ4v) is 0. The molecular weight excluding hydrogens is 634 g/mol. The molecule has 0 aromatic heterocycles. The first kappa shape index (κ1) is 29.8. The van der Waals surface area contributed by atoms with Crippen LogP contribution in [0.2, 0.25) is 0 Å². The van der Waals surface area contributed by atoms with E-state index in [1.807, 2.05) is 0 Å². The van der Waals surface area contributed by atoms with Gasteiger partial charge in [-0.25, -0.2) is 18.9 Å². The van der Waals surface area contributed by atoms with Crippen LogP contribution in [-0.2, 0) is 28.8 Å². The summed E-state index contributed by atoms with van der Waals surface area (Å²) in [6.45, 7) is 0. The Balaban J connectivity index is -0.0000000400. The average Bonchev–Trinajstić information content (AvgIpc) is 2.19. The van der Waals surface area contributed by atoms with Gasteiger partial charge in [-0.3, -0.25) is 0 Å². The molecule has 4 radical (unpaired) electrons. The van der Waals surface area contributed by atoms with Gasteiger partial charge in [-0.2, -0.15) is 0 Å². The summed E-state index contributed by atoms with van der Waals surface area (Å²) in [5.74, 6) is -5.40. The number of hydrogen-bond donors (Lipinski definition) is 0. The molecule has 0 atom stereocenters. The van der Waals surface area contributed by atoms with Crippen LogP contribution in [0.4, 0.5) is 0 Å². The van der Waals surface area contributed by atoms with Crippen molar-refractivity contribution >= 4 is 89.2 Å². The van der Waals surface area contributed by atoms with E-state index in [2.05, 4.69) is 0 Å². The largest absolute Gasteiger partial charge is 3.00 e. The summed E-state index contributed by atoms with van der Waals surface area (Å²) >= 11 is 0. The van der Waals surface area contributed by atoms with Crippen LogP contribution in [0.15, 0.2) is 0 Å². The molecule has 88 valence electrons. The van der Waals surface area contributed by atoms with Crippen molar-refractivity contribution in [2.24, 2.45) is 0 Å². The Bertz CT molecular complexity index is 219. The Morgan fingerprint density at radius 2 is 0.647 bits per heavy atom. The predicted molar refractivity (Wildman–Crippen MR) is 43.6 cm³/mol. The number of carbonyl (C=O) groups excluding carboxylic acids is 6. The number of carbonyl (C=O) groups is 3. The van der Waals surface area contributed by atoms with E-state index in [4.69, 9.17) is 44.1 Å². The summed E-state index contributed by atoms with van der Waals surface area (Å²) in [4.78, 5) is 52.7. The Hall–Kier alpha value is -0.814. The van der Waals surface area contributed by atoms with Crippen molar-refractivity contribution in [3.8, 4) is 0 Å². The molecular formula is C6Bi2O9. The van der Waals surface area contributed by atoms with Crippen LogP contribution in [0.5, 0.6) is 0 Å². The Morgan fingerprint density at radius 1 is 0.588 bits per heavy atom. The van der Waals surface area contributed by atoms with Crippen molar-refractivity contribution in [1.29, 1.82) is 0 Å². The fourth-order valence-electron chi connectivity index (χ4n) is 0. The monoisotopic (exact) mass is 634 g/mol. The standard InChI is InChI=1S/3C2HO3.2Bi/c3*3-1-2(4)5;;/h3*(H,4,5);;/q3*-1;2*+3/p-3. The van der Waals surface area contributed by atoms with Gasteiger partial charge in [0.1, 0.15) is 0 Å². The Morgan fingerprint density at radius 3 is 0.647 bits per heavy atom. The van der Waals surface area contributed by atoms with Crippen molar-refractivity contribution in [1.82, 2.24) is 0 Å². The molecule has 0 bridgehead atoms. The first-order valence-corrected chi connectivity index (χ1v) is 2.59. The van der Waals surface area contributed by atoms with Crippen LogP contribution in [0.25, 0.3) is 0 Å². The summed E-state index contributed by atoms with van der Waals surface area (Å²) in [5, 5.41) is 26.5. The van der Waals surface area contributed by atoms with Crippen molar-refractivity contribution in [2.75, 3.05) is 0 Å². The second-order valence-corrected chi connectivity index (χ2v) is 1.17. The van der Waals surface area contributed by atoms with Gasteiger partial charge in [-0.1, -0.05) is 17.9 Å². The predicted octanol–water partition coefficient (Wildman–Crippen LogP) is -7.22. The zero-order valence-corrected chi connectivity index (χ0v) is 14.5. The molecule has 0 rings (SSSR count). The molecule has 0 spiro atoms. The minimum atomic E-state index is -1.80. The molecule has 0 amide bonds. The molecule has 0 aliphatic heterocycles. The van der Waals surface area contributed by atoms with Crippen molar-refractivity contribution in [3.63, 3.8) is 0 Å². The van der Waals surface area contributed by atoms with Gasteiger partial charge in [-0.05, 0) is 0 Å². The van der Waals surface area contributed by atoms with Crippen molar-refractivity contribution in [2.45, 2.75) is 0 Å². The summed E-state index contributed by atoms with van der Waals surface area (Å²) in [7, 11) is 0. The molecule has 9 nitrogen and oxygen atoms in total. The number of hydrogen-bond acceptors (Lipinski definition) is 9. The molecule has 0 saturated heterocycles. The number of carboxylic acid groups (broad SMARTS) is 3. The molecule has 0 saturated carbocycles. The first-order chi connectivity index (χ1) is 6.81. The van der Waals surface area contributed by atoms with E-state index in [1.54, 1.807) is 0 Å². The van der Waals surface area contributed by atoms with Gasteiger partial charge >= 0.3 is 52.4 Å². The van der Waals surface area contributed by atoms with Crippen LogP contribution in [-0.4, -0.2) is 89.2 Å². The van der Waals surface area contributed by atoms with Crippen LogP contribution >= 0.6 is 0 Å². The van der Waals surface area contributed by atoms with E-state index in [1.165, 1.54) is 0 Å². The maximum atomic E-state index is 8.83. The summed E-state index contributed by atoms with van der Waals surface area (Å²) in [6.07, 6.45) is 1.75. The second-order valence-electron chi connectivity index (χ2n) is 1.17. The van der Waals surface area contributed by atoms with E-state index in [-0.39, 0.29) is 52.4 Å². The maximum Gasteiger partial charge on any atom is 3.00 e. The number of aliphatic carboxylic acids is 3. The zero-order valence-electron chi connectivity index (χ0n) is 7.57. The van der Waals surface area contributed by atoms with Gasteiger partial charge < -0.3 is 44.1 Å². The molecule has 0 fully saturated rings. The average molecular weight is 634 g/mol.